The molecule has 19 heteroatoms. The van der Waals surface area contributed by atoms with Crippen LogP contribution in [0.15, 0.2) is 0 Å². The largest absolute Gasteiger partial charge is 0.472 e. The maximum atomic E-state index is 13.1. The van der Waals surface area contributed by atoms with E-state index >= 15 is 0 Å². The molecule has 0 bridgehead atoms. The quantitative estimate of drug-likeness (QED) is 0.0222. The first-order valence-electron chi connectivity index (χ1n) is 39.2. The molecule has 95 heavy (non-hydrogen) atoms. The highest BCUT2D eigenvalue weighted by Gasteiger charge is 2.30. The van der Waals surface area contributed by atoms with Crippen molar-refractivity contribution in [1.29, 1.82) is 0 Å². The third-order valence-corrected chi connectivity index (χ3v) is 19.5. The normalized spacial score (nSPS) is 14.1. The van der Waals surface area contributed by atoms with Crippen LogP contribution in [-0.4, -0.2) is 96.7 Å². The van der Waals surface area contributed by atoms with Crippen LogP contribution in [-0.2, 0) is 65.4 Å². The van der Waals surface area contributed by atoms with Crippen molar-refractivity contribution in [3.05, 3.63) is 0 Å². The van der Waals surface area contributed by atoms with Crippen molar-refractivity contribution in [2.24, 2.45) is 23.7 Å². The minimum absolute atomic E-state index is 0.105. The molecule has 0 aromatic carbocycles. The van der Waals surface area contributed by atoms with Crippen molar-refractivity contribution in [3.63, 3.8) is 0 Å². The van der Waals surface area contributed by atoms with Crippen LogP contribution in [0, 0.1) is 23.7 Å². The molecule has 0 aliphatic heterocycles. The van der Waals surface area contributed by atoms with E-state index in [0.29, 0.717) is 31.6 Å². The molecule has 0 saturated heterocycles. The standard InChI is InChI=1S/C76H148O17P2/c1-66(2)52-44-36-28-21-15-12-10-9-11-13-17-25-33-42-50-58-75(80)93-72(63-87-74(79)57-49-41-35-27-31-39-47-55-69(7)8)65-91-95(84,85)89-61-70(77)60-88-94(82,83)90-64-71(92-76(81)59-51-43-34-26-20-19-23-30-38-46-54-68(5)6)62-86-73(78)56-48-40-32-24-18-14-16-22-29-37-45-53-67(3)4/h66-72,77H,9-65H2,1-8H3,(H,82,83)(H,84,85)/t70?,71-,72-/m1/s1. The first kappa shape index (κ1) is 93.1. The molecule has 0 fully saturated rings. The Bertz CT molecular complexity index is 1870. The average Bonchev–Trinajstić information content (AvgIpc) is 2.65. The van der Waals surface area contributed by atoms with Gasteiger partial charge in [-0.15, -0.1) is 0 Å². The Hall–Kier alpha value is -1.94. The van der Waals surface area contributed by atoms with Gasteiger partial charge in [-0.3, -0.25) is 37.3 Å². The monoisotopic (exact) mass is 1400 g/mol. The number of rotatable bonds is 73. The van der Waals surface area contributed by atoms with Crippen molar-refractivity contribution in [3.8, 4) is 0 Å². The number of esters is 4. The van der Waals surface area contributed by atoms with Gasteiger partial charge in [0.05, 0.1) is 26.4 Å². The molecular formula is C76H148O17P2. The van der Waals surface area contributed by atoms with E-state index in [1.54, 1.807) is 0 Å². The van der Waals surface area contributed by atoms with Crippen molar-refractivity contribution >= 4 is 39.5 Å². The Morgan fingerprint density at radius 2 is 0.442 bits per heavy atom. The van der Waals surface area contributed by atoms with Crippen LogP contribution in [0.2, 0.25) is 0 Å². The summed E-state index contributed by atoms with van der Waals surface area (Å²) in [7, 11) is -9.91. The fraction of sp³-hybridized carbons (Fsp3) is 0.947. The van der Waals surface area contributed by atoms with Gasteiger partial charge in [-0.2, -0.15) is 0 Å². The van der Waals surface area contributed by atoms with Gasteiger partial charge in [0, 0.05) is 25.7 Å². The minimum Gasteiger partial charge on any atom is -0.462 e. The molecule has 0 amide bonds. The minimum atomic E-state index is -4.96. The summed E-state index contributed by atoms with van der Waals surface area (Å²) < 4.78 is 68.5. The number of phosphoric acid groups is 2. The summed E-state index contributed by atoms with van der Waals surface area (Å²) >= 11 is 0. The Balaban J connectivity index is 5.23. The van der Waals surface area contributed by atoms with Crippen molar-refractivity contribution in [1.82, 2.24) is 0 Å². The smallest absolute Gasteiger partial charge is 0.462 e. The Morgan fingerprint density at radius 1 is 0.263 bits per heavy atom. The molecular weight excluding hydrogens is 1250 g/mol. The van der Waals surface area contributed by atoms with E-state index in [1.165, 1.54) is 180 Å². The van der Waals surface area contributed by atoms with Crippen molar-refractivity contribution in [2.45, 2.75) is 401 Å². The number of carbonyl (C=O) groups excluding carboxylic acids is 4. The molecule has 3 N–H and O–H groups in total. The van der Waals surface area contributed by atoms with Crippen LogP contribution in [0.1, 0.15) is 383 Å². The average molecular weight is 1400 g/mol. The number of hydrogen-bond donors (Lipinski definition) is 3. The van der Waals surface area contributed by atoms with E-state index < -0.39 is 97.5 Å². The second-order valence-electron chi connectivity index (χ2n) is 29.3. The summed E-state index contributed by atoms with van der Waals surface area (Å²) in [6.45, 7) is 14.2. The van der Waals surface area contributed by atoms with Gasteiger partial charge in [0.1, 0.15) is 19.3 Å². The predicted molar refractivity (Wildman–Crippen MR) is 386 cm³/mol. The van der Waals surface area contributed by atoms with E-state index in [9.17, 15) is 43.2 Å². The van der Waals surface area contributed by atoms with Gasteiger partial charge in [0.2, 0.25) is 0 Å². The predicted octanol–water partition coefficient (Wildman–Crippen LogP) is 22.0. The van der Waals surface area contributed by atoms with Gasteiger partial charge in [-0.25, -0.2) is 9.13 Å². The number of aliphatic hydroxyl groups excluding tert-OH is 1. The molecule has 0 rings (SSSR count). The van der Waals surface area contributed by atoms with E-state index in [0.717, 1.165) is 114 Å². The third kappa shape index (κ3) is 70.3. The van der Waals surface area contributed by atoms with Gasteiger partial charge in [0.15, 0.2) is 12.2 Å². The second-order valence-corrected chi connectivity index (χ2v) is 32.2. The fourth-order valence-corrected chi connectivity index (χ4v) is 13.1. The van der Waals surface area contributed by atoms with Gasteiger partial charge in [-0.1, -0.05) is 331 Å². The van der Waals surface area contributed by atoms with E-state index in [-0.39, 0.29) is 25.7 Å². The number of carbonyl (C=O) groups is 4. The highest BCUT2D eigenvalue weighted by atomic mass is 31.2. The summed E-state index contributed by atoms with van der Waals surface area (Å²) in [4.78, 5) is 72.8. The molecule has 0 aliphatic carbocycles. The summed E-state index contributed by atoms with van der Waals surface area (Å²) in [6.07, 6.45) is 50.0. The summed E-state index contributed by atoms with van der Waals surface area (Å²) in [6, 6.07) is 0. The van der Waals surface area contributed by atoms with Crippen LogP contribution in [0.25, 0.3) is 0 Å². The zero-order valence-electron chi connectivity index (χ0n) is 62.3. The molecule has 0 heterocycles. The summed E-state index contributed by atoms with van der Waals surface area (Å²) in [5, 5.41) is 10.6. The van der Waals surface area contributed by atoms with Crippen LogP contribution in [0.5, 0.6) is 0 Å². The van der Waals surface area contributed by atoms with Gasteiger partial charge < -0.3 is 33.8 Å². The van der Waals surface area contributed by atoms with Crippen molar-refractivity contribution < 1.29 is 80.2 Å². The zero-order valence-corrected chi connectivity index (χ0v) is 64.1. The SMILES string of the molecule is CC(C)CCCCCCCCCCCCCCCCCC(=O)O[C@H](COC(=O)CCCCCCCCCC(C)C)COP(=O)(O)OCC(O)COP(=O)(O)OC[C@@H](COC(=O)CCCCCCCCCCCCCC(C)C)OC(=O)CCCCCCCCCCCCC(C)C. The summed E-state index contributed by atoms with van der Waals surface area (Å²) in [5.74, 6) is 0.909. The van der Waals surface area contributed by atoms with Crippen molar-refractivity contribution in [2.75, 3.05) is 39.6 Å². The molecule has 564 valence electrons. The highest BCUT2D eigenvalue weighted by molar-refractivity contribution is 7.47. The molecule has 0 radical (unpaired) electrons. The lowest BCUT2D eigenvalue weighted by molar-refractivity contribution is -0.161. The van der Waals surface area contributed by atoms with Crippen LogP contribution < -0.4 is 0 Å². The maximum Gasteiger partial charge on any atom is 0.472 e. The third-order valence-electron chi connectivity index (χ3n) is 17.6. The van der Waals surface area contributed by atoms with Crippen LogP contribution >= 0.6 is 15.6 Å². The Kier molecular flexibility index (Phi) is 64.0. The van der Waals surface area contributed by atoms with Crippen LogP contribution in [0.3, 0.4) is 0 Å². The summed E-state index contributed by atoms with van der Waals surface area (Å²) in [5.41, 5.74) is 0. The number of hydrogen-bond acceptors (Lipinski definition) is 15. The molecule has 3 unspecified atom stereocenters. The van der Waals surface area contributed by atoms with Crippen LogP contribution in [0.4, 0.5) is 0 Å². The fourth-order valence-electron chi connectivity index (χ4n) is 11.6. The molecule has 0 aromatic rings. The number of aliphatic hydroxyl groups is 1. The Morgan fingerprint density at radius 3 is 0.653 bits per heavy atom. The van der Waals surface area contributed by atoms with Gasteiger partial charge in [0.25, 0.3) is 0 Å². The topological polar surface area (TPSA) is 237 Å². The lowest BCUT2D eigenvalue weighted by Gasteiger charge is -2.21. The molecule has 5 atom stereocenters. The lowest BCUT2D eigenvalue weighted by Crippen LogP contribution is -2.30. The Labute approximate surface area is 581 Å². The second kappa shape index (κ2) is 65.4. The maximum absolute atomic E-state index is 13.1. The zero-order chi connectivity index (χ0) is 70.3. The van der Waals surface area contributed by atoms with E-state index in [2.05, 4.69) is 55.4 Å². The van der Waals surface area contributed by atoms with E-state index in [1.807, 2.05) is 0 Å². The number of phosphoric ester groups is 2. The number of unbranched alkanes of at least 4 members (excludes halogenated alkanes) is 39. The molecule has 0 saturated carbocycles. The molecule has 0 spiro atoms. The van der Waals surface area contributed by atoms with Gasteiger partial charge >= 0.3 is 39.5 Å². The lowest BCUT2D eigenvalue weighted by atomic mass is 10.0. The first-order chi connectivity index (χ1) is 45.6. The first-order valence-corrected chi connectivity index (χ1v) is 42.2. The molecule has 0 aromatic heterocycles. The molecule has 0 aliphatic rings. The van der Waals surface area contributed by atoms with E-state index in [4.69, 9.17) is 37.0 Å². The number of ether oxygens (including phenoxy) is 4. The highest BCUT2D eigenvalue weighted by Crippen LogP contribution is 2.45. The van der Waals surface area contributed by atoms with Gasteiger partial charge in [-0.05, 0) is 49.4 Å². The molecule has 17 nitrogen and oxygen atoms in total.